The van der Waals surface area contributed by atoms with Crippen LogP contribution in [0.25, 0.3) is 0 Å². The molecule has 0 saturated carbocycles. The molecule has 0 spiro atoms. The summed E-state index contributed by atoms with van der Waals surface area (Å²) in [5.41, 5.74) is 1.61. The van der Waals surface area contributed by atoms with Gasteiger partial charge in [-0.15, -0.1) is 0 Å². The van der Waals surface area contributed by atoms with Crippen LogP contribution in [0.5, 0.6) is 0 Å². The Bertz CT molecular complexity index is 576. The fourth-order valence-electron chi connectivity index (χ4n) is 3.46. The maximum atomic E-state index is 12.6. The van der Waals surface area contributed by atoms with Gasteiger partial charge in [-0.25, -0.2) is 4.79 Å². The number of nitrogens with one attached hydrogen (secondary N) is 1. The predicted molar refractivity (Wildman–Crippen MR) is 101 cm³/mol. The highest BCUT2D eigenvalue weighted by molar-refractivity contribution is 5.68. The highest BCUT2D eigenvalue weighted by atomic mass is 16.6. The topological polar surface area (TPSA) is 59.4 Å². The van der Waals surface area contributed by atoms with Crippen molar-refractivity contribution in [3.8, 4) is 0 Å². The minimum absolute atomic E-state index is 0.177. The molecular weight excluding hydrogens is 316 g/mol. The SMILES string of the molecule is Cc1nn(C)cc1NC(C)CC1CCCCCN1C(=O)OC(C)(C)C. The maximum Gasteiger partial charge on any atom is 0.410 e. The quantitative estimate of drug-likeness (QED) is 0.888. The van der Waals surface area contributed by atoms with Gasteiger partial charge in [0, 0.05) is 31.9 Å². The number of aromatic nitrogens is 2. The van der Waals surface area contributed by atoms with Crippen molar-refractivity contribution < 1.29 is 9.53 Å². The Balaban J connectivity index is 2.02. The first-order chi connectivity index (χ1) is 11.7. The molecular formula is C19H34N4O2. The number of nitrogens with zero attached hydrogens (tertiary/aromatic N) is 3. The smallest absolute Gasteiger partial charge is 0.410 e. The zero-order chi connectivity index (χ0) is 18.6. The van der Waals surface area contributed by atoms with Crippen LogP contribution in [0.15, 0.2) is 6.20 Å². The monoisotopic (exact) mass is 350 g/mol. The Morgan fingerprint density at radius 1 is 1.40 bits per heavy atom. The molecule has 1 fully saturated rings. The lowest BCUT2D eigenvalue weighted by Crippen LogP contribution is -2.44. The van der Waals surface area contributed by atoms with Crippen molar-refractivity contribution in [3.05, 3.63) is 11.9 Å². The molecule has 2 atom stereocenters. The summed E-state index contributed by atoms with van der Waals surface area (Å²) < 4.78 is 7.46. The molecule has 1 aliphatic heterocycles. The second-order valence-corrected chi connectivity index (χ2v) is 8.26. The molecule has 1 saturated heterocycles. The Labute approximate surface area is 151 Å². The number of amides is 1. The minimum atomic E-state index is -0.454. The van der Waals surface area contributed by atoms with Gasteiger partial charge in [-0.3, -0.25) is 4.68 Å². The molecule has 1 amide bonds. The highest BCUT2D eigenvalue weighted by Crippen LogP contribution is 2.24. The minimum Gasteiger partial charge on any atom is -0.444 e. The van der Waals surface area contributed by atoms with Gasteiger partial charge >= 0.3 is 6.09 Å². The third kappa shape index (κ3) is 5.94. The summed E-state index contributed by atoms with van der Waals surface area (Å²) in [7, 11) is 1.93. The molecule has 0 aliphatic carbocycles. The highest BCUT2D eigenvalue weighted by Gasteiger charge is 2.30. The van der Waals surface area contributed by atoms with Crippen LogP contribution in [0.1, 0.15) is 65.5 Å². The zero-order valence-electron chi connectivity index (χ0n) is 16.6. The van der Waals surface area contributed by atoms with Crippen LogP contribution in [0.4, 0.5) is 10.5 Å². The predicted octanol–water partition coefficient (Wildman–Crippen LogP) is 4.10. The third-order valence-electron chi connectivity index (χ3n) is 4.55. The Morgan fingerprint density at radius 3 is 2.72 bits per heavy atom. The summed E-state index contributed by atoms with van der Waals surface area (Å²) in [6.07, 6.45) is 7.18. The molecule has 0 bridgehead atoms. The number of anilines is 1. The van der Waals surface area contributed by atoms with Crippen molar-refractivity contribution in [3.63, 3.8) is 0 Å². The van der Waals surface area contributed by atoms with E-state index in [-0.39, 0.29) is 18.2 Å². The zero-order valence-corrected chi connectivity index (χ0v) is 16.6. The summed E-state index contributed by atoms with van der Waals surface area (Å²) in [6, 6.07) is 0.479. The molecule has 0 radical (unpaired) electrons. The molecule has 1 N–H and O–H groups in total. The lowest BCUT2D eigenvalue weighted by Gasteiger charge is -2.33. The molecule has 2 rings (SSSR count). The van der Waals surface area contributed by atoms with Crippen LogP contribution in [-0.2, 0) is 11.8 Å². The molecule has 6 nitrogen and oxygen atoms in total. The first-order valence-electron chi connectivity index (χ1n) is 9.42. The molecule has 1 aromatic heterocycles. The van der Waals surface area contributed by atoms with E-state index in [2.05, 4.69) is 17.3 Å². The average molecular weight is 351 g/mol. The van der Waals surface area contributed by atoms with Crippen LogP contribution in [0.3, 0.4) is 0 Å². The van der Waals surface area contributed by atoms with Gasteiger partial charge in [-0.05, 0) is 53.9 Å². The van der Waals surface area contributed by atoms with E-state index in [0.29, 0.717) is 0 Å². The number of hydrogen-bond donors (Lipinski definition) is 1. The van der Waals surface area contributed by atoms with Crippen molar-refractivity contribution in [2.45, 2.75) is 84.4 Å². The van der Waals surface area contributed by atoms with E-state index in [1.54, 1.807) is 0 Å². The number of likely N-dealkylation sites (tertiary alicyclic amines) is 1. The van der Waals surface area contributed by atoms with E-state index >= 15 is 0 Å². The van der Waals surface area contributed by atoms with Gasteiger partial charge in [0.2, 0.25) is 0 Å². The van der Waals surface area contributed by atoms with E-state index < -0.39 is 5.60 Å². The van der Waals surface area contributed by atoms with Gasteiger partial charge in [0.15, 0.2) is 0 Å². The number of carbonyl (C=O) groups excluding carboxylic acids is 1. The van der Waals surface area contributed by atoms with Gasteiger partial charge < -0.3 is 15.0 Å². The van der Waals surface area contributed by atoms with Crippen LogP contribution in [0, 0.1) is 6.92 Å². The molecule has 6 heteroatoms. The van der Waals surface area contributed by atoms with Crippen LogP contribution < -0.4 is 5.32 Å². The summed E-state index contributed by atoms with van der Waals surface area (Å²) in [5, 5.41) is 7.92. The van der Waals surface area contributed by atoms with E-state index in [0.717, 1.165) is 37.2 Å². The van der Waals surface area contributed by atoms with Gasteiger partial charge in [-0.2, -0.15) is 5.10 Å². The Kier molecular flexibility index (Phi) is 6.36. The van der Waals surface area contributed by atoms with Crippen LogP contribution in [0.2, 0.25) is 0 Å². The summed E-state index contributed by atoms with van der Waals surface area (Å²) in [6.45, 7) is 10.7. The molecule has 1 aliphatic rings. The standard InChI is InChI=1S/C19H34N4O2/c1-14(20-17-13-22(6)21-15(17)2)12-16-10-8-7-9-11-23(16)18(24)25-19(3,4)5/h13-14,16,20H,7-12H2,1-6H3. The average Bonchev–Trinajstić information content (AvgIpc) is 2.67. The summed E-state index contributed by atoms with van der Waals surface area (Å²) >= 11 is 0. The number of hydrogen-bond acceptors (Lipinski definition) is 4. The van der Waals surface area contributed by atoms with E-state index in [4.69, 9.17) is 4.74 Å². The van der Waals surface area contributed by atoms with E-state index in [1.165, 1.54) is 12.8 Å². The van der Waals surface area contributed by atoms with Crippen molar-refractivity contribution in [1.82, 2.24) is 14.7 Å². The fourth-order valence-corrected chi connectivity index (χ4v) is 3.46. The second-order valence-electron chi connectivity index (χ2n) is 8.26. The summed E-state index contributed by atoms with van der Waals surface area (Å²) in [4.78, 5) is 14.6. The van der Waals surface area contributed by atoms with Gasteiger partial charge in [-0.1, -0.05) is 12.8 Å². The summed E-state index contributed by atoms with van der Waals surface area (Å²) in [5.74, 6) is 0. The van der Waals surface area contributed by atoms with Gasteiger partial charge in [0.25, 0.3) is 0 Å². The molecule has 2 heterocycles. The molecule has 25 heavy (non-hydrogen) atoms. The number of carbonyl (C=O) groups is 1. The van der Waals surface area contributed by atoms with Crippen LogP contribution in [-0.4, -0.2) is 45.0 Å². The molecule has 1 aromatic rings. The number of aryl methyl sites for hydroxylation is 2. The Morgan fingerprint density at radius 2 is 2.12 bits per heavy atom. The van der Waals surface area contributed by atoms with E-state index in [1.807, 2.05) is 50.5 Å². The first-order valence-corrected chi connectivity index (χ1v) is 9.42. The first kappa shape index (κ1) is 19.6. The lowest BCUT2D eigenvalue weighted by atomic mass is 10.0. The molecule has 0 aromatic carbocycles. The molecule has 2 unspecified atom stereocenters. The van der Waals surface area contributed by atoms with Gasteiger partial charge in [0.05, 0.1) is 11.4 Å². The van der Waals surface area contributed by atoms with Gasteiger partial charge in [0.1, 0.15) is 5.60 Å². The van der Waals surface area contributed by atoms with Crippen molar-refractivity contribution in [2.75, 3.05) is 11.9 Å². The van der Waals surface area contributed by atoms with Crippen molar-refractivity contribution >= 4 is 11.8 Å². The number of ether oxygens (including phenoxy) is 1. The normalized spacial score (nSPS) is 20.1. The second kappa shape index (κ2) is 8.11. The lowest BCUT2D eigenvalue weighted by molar-refractivity contribution is 0.0155. The molecule has 142 valence electrons. The van der Waals surface area contributed by atoms with E-state index in [9.17, 15) is 4.79 Å². The van der Waals surface area contributed by atoms with Crippen molar-refractivity contribution in [2.24, 2.45) is 7.05 Å². The Hall–Kier alpha value is -1.72. The fraction of sp³-hybridized carbons (Fsp3) is 0.789. The largest absolute Gasteiger partial charge is 0.444 e. The third-order valence-corrected chi connectivity index (χ3v) is 4.55. The van der Waals surface area contributed by atoms with Crippen molar-refractivity contribution in [1.29, 1.82) is 0 Å². The maximum absolute atomic E-state index is 12.6. The van der Waals surface area contributed by atoms with Crippen LogP contribution >= 0.6 is 0 Å². The number of rotatable bonds is 4.